The number of terminal acetylenes is 1. The van der Waals surface area contributed by atoms with Gasteiger partial charge in [-0.25, -0.2) is 0 Å². The number of benzene rings is 1. The topological polar surface area (TPSA) is 27.7 Å². The highest BCUT2D eigenvalue weighted by molar-refractivity contribution is 6.93. The van der Waals surface area contributed by atoms with Crippen LogP contribution in [0.1, 0.15) is 5.56 Å². The van der Waals surface area contributed by atoms with Crippen LogP contribution in [0.3, 0.4) is 0 Å². The average Bonchev–Trinajstić information content (AvgIpc) is 2.32. The molecule has 0 amide bonds. The first-order valence-electron chi connectivity index (χ1n) is 8.33. The Bertz CT molecular complexity index is 596. The van der Waals surface area contributed by atoms with Gasteiger partial charge in [-0.2, -0.15) is 0 Å². The molecule has 7 heteroatoms. The van der Waals surface area contributed by atoms with Crippen molar-refractivity contribution < 1.29 is 12.3 Å². The molecule has 0 aliphatic heterocycles. The normalized spacial score (nSPS) is 13.7. The minimum atomic E-state index is -2.30. The Morgan fingerprint density at radius 3 is 1.58 bits per heavy atom. The average molecular weight is 397 g/mol. The van der Waals surface area contributed by atoms with Crippen LogP contribution >= 0.6 is 0 Å². The van der Waals surface area contributed by atoms with E-state index >= 15 is 0 Å². The van der Waals surface area contributed by atoms with E-state index in [0.717, 1.165) is 5.56 Å². The molecule has 0 unspecified atom stereocenters. The quantitative estimate of drug-likeness (QED) is 0.506. The zero-order valence-corrected chi connectivity index (χ0v) is 20.6. The smallest absolute Gasteiger partial charge is 0.312 e. The lowest BCUT2D eigenvalue weighted by molar-refractivity contribution is 0.332. The van der Waals surface area contributed by atoms with Crippen molar-refractivity contribution in [1.82, 2.24) is 0 Å². The number of rotatable bonds is 7. The summed E-state index contributed by atoms with van der Waals surface area (Å²) in [5.74, 6) is 2.66. The standard InChI is InChI=1S/C17H32O3Si4/c1-11-16-12-14-17(15-13-16)22(5,6)19-24(9,10)20-23(7,8)18-21(2,3)4/h1,12-15H,2-10H3. The molecule has 0 atom stereocenters. The molecule has 0 saturated carbocycles. The number of hydrogen-bond acceptors (Lipinski definition) is 3. The van der Waals surface area contributed by atoms with Crippen molar-refractivity contribution in [3.05, 3.63) is 29.8 Å². The van der Waals surface area contributed by atoms with Gasteiger partial charge in [-0.05, 0) is 76.2 Å². The SMILES string of the molecule is C#Cc1ccc([Si](C)(C)O[Si](C)(C)O[Si](C)(C)O[Si](C)(C)C)cc1. The van der Waals surface area contributed by atoms with Gasteiger partial charge in [-0.3, -0.25) is 0 Å². The van der Waals surface area contributed by atoms with Crippen LogP contribution in [0.25, 0.3) is 0 Å². The molecule has 0 fully saturated rings. The minimum Gasteiger partial charge on any atom is -0.437 e. The van der Waals surface area contributed by atoms with Crippen LogP contribution in [0.15, 0.2) is 24.3 Å². The molecule has 0 aliphatic rings. The van der Waals surface area contributed by atoms with Crippen LogP contribution in [0.2, 0.25) is 58.9 Å². The Balaban J connectivity index is 2.89. The fourth-order valence-corrected chi connectivity index (χ4v) is 21.1. The molecular formula is C17H32O3Si4. The molecule has 1 aromatic rings. The molecule has 3 nitrogen and oxygen atoms in total. The third kappa shape index (κ3) is 7.19. The second-order valence-electron chi connectivity index (χ2n) is 8.45. The van der Waals surface area contributed by atoms with Crippen molar-refractivity contribution in [2.45, 2.75) is 58.9 Å². The molecule has 0 radical (unpaired) electrons. The maximum atomic E-state index is 6.61. The van der Waals surface area contributed by atoms with Gasteiger partial charge in [0.15, 0.2) is 8.32 Å². The first-order valence-corrected chi connectivity index (χ1v) is 20.3. The molecular weight excluding hydrogens is 365 g/mol. The maximum Gasteiger partial charge on any atom is 0.312 e. The Labute approximate surface area is 152 Å². The summed E-state index contributed by atoms with van der Waals surface area (Å²) in [7, 11) is -8.19. The van der Waals surface area contributed by atoms with Crippen molar-refractivity contribution in [3.63, 3.8) is 0 Å². The monoisotopic (exact) mass is 396 g/mol. The van der Waals surface area contributed by atoms with E-state index < -0.39 is 33.8 Å². The molecule has 0 bridgehead atoms. The summed E-state index contributed by atoms with van der Waals surface area (Å²) < 4.78 is 19.4. The first-order chi connectivity index (χ1) is 10.7. The van der Waals surface area contributed by atoms with E-state index in [1.807, 2.05) is 12.1 Å². The molecule has 0 saturated heterocycles. The summed E-state index contributed by atoms with van der Waals surface area (Å²) >= 11 is 0. The summed E-state index contributed by atoms with van der Waals surface area (Å²) in [5, 5.41) is 1.23. The highest BCUT2D eigenvalue weighted by atomic mass is 28.5. The summed E-state index contributed by atoms with van der Waals surface area (Å²) in [5.41, 5.74) is 0.897. The third-order valence-corrected chi connectivity index (χ3v) is 17.4. The minimum absolute atomic E-state index is 0.897. The van der Waals surface area contributed by atoms with Crippen molar-refractivity contribution >= 4 is 38.9 Å². The van der Waals surface area contributed by atoms with Crippen molar-refractivity contribution in [2.24, 2.45) is 0 Å². The summed E-state index contributed by atoms with van der Waals surface area (Å²) in [4.78, 5) is 0. The second kappa shape index (κ2) is 7.41. The summed E-state index contributed by atoms with van der Waals surface area (Å²) in [6, 6.07) is 8.14. The third-order valence-electron chi connectivity index (χ3n) is 3.29. The van der Waals surface area contributed by atoms with Gasteiger partial charge >= 0.3 is 17.1 Å². The van der Waals surface area contributed by atoms with E-state index in [2.05, 4.69) is 77.0 Å². The van der Waals surface area contributed by atoms with Crippen LogP contribution < -0.4 is 5.19 Å². The zero-order valence-electron chi connectivity index (χ0n) is 16.6. The summed E-state index contributed by atoms with van der Waals surface area (Å²) in [6.07, 6.45) is 5.44. The Morgan fingerprint density at radius 1 is 0.708 bits per heavy atom. The van der Waals surface area contributed by atoms with Crippen LogP contribution in [-0.4, -0.2) is 33.8 Å². The van der Waals surface area contributed by atoms with Gasteiger partial charge < -0.3 is 12.3 Å². The van der Waals surface area contributed by atoms with Crippen molar-refractivity contribution in [3.8, 4) is 12.3 Å². The molecule has 0 spiro atoms. The van der Waals surface area contributed by atoms with Crippen molar-refractivity contribution in [2.75, 3.05) is 0 Å². The zero-order chi connectivity index (χ0) is 18.8. The highest BCUT2D eigenvalue weighted by Crippen LogP contribution is 2.23. The molecule has 0 N–H and O–H groups in total. The number of hydrogen-bond donors (Lipinski definition) is 0. The van der Waals surface area contributed by atoms with Crippen LogP contribution in [0, 0.1) is 12.3 Å². The van der Waals surface area contributed by atoms with Crippen LogP contribution in [-0.2, 0) is 12.3 Å². The van der Waals surface area contributed by atoms with E-state index in [9.17, 15) is 0 Å². The largest absolute Gasteiger partial charge is 0.437 e. The van der Waals surface area contributed by atoms with E-state index in [1.165, 1.54) is 5.19 Å². The predicted octanol–water partition coefficient (Wildman–Crippen LogP) is 4.37. The molecule has 1 aromatic carbocycles. The van der Waals surface area contributed by atoms with E-state index in [-0.39, 0.29) is 0 Å². The second-order valence-corrected chi connectivity index (χ2v) is 24.3. The van der Waals surface area contributed by atoms with E-state index in [0.29, 0.717) is 0 Å². The lowest BCUT2D eigenvalue weighted by Crippen LogP contribution is -2.58. The molecule has 24 heavy (non-hydrogen) atoms. The van der Waals surface area contributed by atoms with Crippen LogP contribution in [0.5, 0.6) is 0 Å². The predicted molar refractivity (Wildman–Crippen MR) is 113 cm³/mol. The lowest BCUT2D eigenvalue weighted by Gasteiger charge is -2.40. The molecule has 1 rings (SSSR count). The molecule has 0 heterocycles. The van der Waals surface area contributed by atoms with Gasteiger partial charge in [0, 0.05) is 5.56 Å². The molecule has 0 aliphatic carbocycles. The summed E-state index contributed by atoms with van der Waals surface area (Å²) in [6.45, 7) is 19.5. The fourth-order valence-electron chi connectivity index (χ4n) is 3.01. The Hall–Kier alpha value is -0.472. The lowest BCUT2D eigenvalue weighted by atomic mass is 10.2. The first kappa shape index (κ1) is 21.6. The molecule has 0 aromatic heterocycles. The van der Waals surface area contributed by atoms with Gasteiger partial charge in [0.1, 0.15) is 0 Å². The van der Waals surface area contributed by atoms with Crippen LogP contribution in [0.4, 0.5) is 0 Å². The van der Waals surface area contributed by atoms with Gasteiger partial charge in [-0.15, -0.1) is 6.42 Å². The van der Waals surface area contributed by atoms with Crippen molar-refractivity contribution in [1.29, 1.82) is 0 Å². The molecule has 134 valence electrons. The Morgan fingerprint density at radius 2 is 1.17 bits per heavy atom. The van der Waals surface area contributed by atoms with Gasteiger partial charge in [-0.1, -0.05) is 18.1 Å². The van der Waals surface area contributed by atoms with Gasteiger partial charge in [0.25, 0.3) is 0 Å². The van der Waals surface area contributed by atoms with E-state index in [4.69, 9.17) is 18.8 Å². The van der Waals surface area contributed by atoms with Gasteiger partial charge in [0.05, 0.1) is 0 Å². The fraction of sp³-hybridized carbons (Fsp3) is 0.529. The maximum absolute atomic E-state index is 6.61. The van der Waals surface area contributed by atoms with Gasteiger partial charge in [0.2, 0.25) is 8.32 Å². The highest BCUT2D eigenvalue weighted by Gasteiger charge is 2.42. The van der Waals surface area contributed by atoms with E-state index in [1.54, 1.807) is 0 Å². The Kier molecular flexibility index (Phi) is 6.66.